The zero-order chi connectivity index (χ0) is 20.8. The summed E-state index contributed by atoms with van der Waals surface area (Å²) in [5.41, 5.74) is 5.84. The van der Waals surface area contributed by atoms with Crippen LogP contribution in [0.3, 0.4) is 0 Å². The van der Waals surface area contributed by atoms with E-state index in [0.717, 1.165) is 39.6 Å². The first-order valence-corrected chi connectivity index (χ1v) is 12.2. The zero-order valence-electron chi connectivity index (χ0n) is 18.4. The molecular formula is C24H31N5S. The Morgan fingerprint density at radius 1 is 1.03 bits per heavy atom. The van der Waals surface area contributed by atoms with Crippen LogP contribution in [0.25, 0.3) is 16.8 Å². The van der Waals surface area contributed by atoms with E-state index in [-0.39, 0.29) is 0 Å². The molecule has 3 aromatic rings. The molecule has 5 rings (SSSR count). The van der Waals surface area contributed by atoms with E-state index < -0.39 is 0 Å². The van der Waals surface area contributed by atoms with Gasteiger partial charge < -0.3 is 9.80 Å². The second kappa shape index (κ2) is 7.80. The maximum atomic E-state index is 5.08. The number of anilines is 2. The van der Waals surface area contributed by atoms with Crippen molar-refractivity contribution < 1.29 is 0 Å². The Bertz CT molecular complexity index is 1050. The number of hydrogen-bond acceptors (Lipinski definition) is 5. The Kier molecular flexibility index (Phi) is 5.13. The van der Waals surface area contributed by atoms with Gasteiger partial charge in [0.25, 0.3) is 0 Å². The van der Waals surface area contributed by atoms with E-state index in [1.807, 2.05) is 19.0 Å². The highest BCUT2D eigenvalue weighted by Crippen LogP contribution is 2.41. The van der Waals surface area contributed by atoms with Crippen molar-refractivity contribution in [3.05, 3.63) is 36.0 Å². The molecule has 0 aromatic carbocycles. The maximum absolute atomic E-state index is 5.08. The Morgan fingerprint density at radius 2 is 1.73 bits per heavy atom. The molecule has 2 aliphatic rings. The van der Waals surface area contributed by atoms with E-state index in [4.69, 9.17) is 10.1 Å². The standard InChI is InChI=1S/C24H31N5S/c1-16-19(12-13-22(25-16)27(2)3)20-6-5-7-21-23(24(30-4)26-29(20)21)28(14-17-8-9-17)15-18-10-11-18/h5-7,12-13,17-18H,8-11,14-15H2,1-4H3. The molecule has 2 fully saturated rings. The monoisotopic (exact) mass is 421 g/mol. The summed E-state index contributed by atoms with van der Waals surface area (Å²) in [5.74, 6) is 2.71. The smallest absolute Gasteiger partial charge is 0.142 e. The fourth-order valence-electron chi connectivity index (χ4n) is 4.22. The van der Waals surface area contributed by atoms with Crippen molar-refractivity contribution in [1.29, 1.82) is 0 Å². The van der Waals surface area contributed by atoms with E-state index in [0.29, 0.717) is 0 Å². The van der Waals surface area contributed by atoms with Gasteiger partial charge in [0.1, 0.15) is 10.8 Å². The van der Waals surface area contributed by atoms with E-state index in [9.17, 15) is 0 Å². The SMILES string of the molecule is CSc1nn2c(-c3ccc(N(C)C)nc3C)cccc2c1N(CC1CC1)CC1CC1. The molecule has 0 amide bonds. The van der Waals surface area contributed by atoms with Crippen molar-refractivity contribution in [2.75, 3.05) is 43.2 Å². The fourth-order valence-corrected chi connectivity index (χ4v) is 4.81. The predicted octanol–water partition coefficient (Wildman–Crippen LogP) is 5.12. The van der Waals surface area contributed by atoms with E-state index in [1.165, 1.54) is 50.0 Å². The molecule has 3 heterocycles. The van der Waals surface area contributed by atoms with Gasteiger partial charge in [0.15, 0.2) is 0 Å². The normalized spacial score (nSPS) is 16.3. The quantitative estimate of drug-likeness (QED) is 0.472. The van der Waals surface area contributed by atoms with Gasteiger partial charge in [-0.05, 0) is 75.0 Å². The molecule has 158 valence electrons. The van der Waals surface area contributed by atoms with Gasteiger partial charge in [-0.3, -0.25) is 0 Å². The van der Waals surface area contributed by atoms with Gasteiger partial charge in [0, 0.05) is 38.4 Å². The molecule has 3 aromatic heterocycles. The Balaban J connectivity index is 1.62. The summed E-state index contributed by atoms with van der Waals surface area (Å²) in [6.45, 7) is 4.44. The predicted molar refractivity (Wildman–Crippen MR) is 127 cm³/mol. The molecule has 30 heavy (non-hydrogen) atoms. The van der Waals surface area contributed by atoms with Crippen LogP contribution in [0, 0.1) is 18.8 Å². The number of thioether (sulfide) groups is 1. The third-order valence-corrected chi connectivity index (χ3v) is 6.93. The Morgan fingerprint density at radius 3 is 2.30 bits per heavy atom. The maximum Gasteiger partial charge on any atom is 0.142 e. The van der Waals surface area contributed by atoms with Crippen molar-refractivity contribution in [2.45, 2.75) is 37.6 Å². The van der Waals surface area contributed by atoms with Crippen molar-refractivity contribution in [3.63, 3.8) is 0 Å². The number of aryl methyl sites for hydroxylation is 1. The summed E-state index contributed by atoms with van der Waals surface area (Å²) in [5, 5.41) is 6.22. The summed E-state index contributed by atoms with van der Waals surface area (Å²) < 4.78 is 2.15. The van der Waals surface area contributed by atoms with Gasteiger partial charge >= 0.3 is 0 Å². The van der Waals surface area contributed by atoms with Crippen molar-refractivity contribution in [3.8, 4) is 11.3 Å². The first kappa shape index (κ1) is 19.7. The first-order valence-electron chi connectivity index (χ1n) is 11.0. The van der Waals surface area contributed by atoms with Crippen LogP contribution in [-0.2, 0) is 0 Å². The highest BCUT2D eigenvalue weighted by atomic mass is 32.2. The summed E-state index contributed by atoms with van der Waals surface area (Å²) in [7, 11) is 4.06. The van der Waals surface area contributed by atoms with Gasteiger partial charge in [0.2, 0.25) is 0 Å². The summed E-state index contributed by atoms with van der Waals surface area (Å²) in [4.78, 5) is 9.50. The lowest BCUT2D eigenvalue weighted by Gasteiger charge is -2.25. The molecule has 0 unspecified atom stereocenters. The molecule has 0 spiro atoms. The average molecular weight is 422 g/mol. The lowest BCUT2D eigenvalue weighted by atomic mass is 10.1. The molecule has 0 atom stereocenters. The van der Waals surface area contributed by atoms with E-state index in [2.05, 4.69) is 52.9 Å². The molecule has 0 bridgehead atoms. The molecule has 2 saturated carbocycles. The van der Waals surface area contributed by atoms with Crippen LogP contribution < -0.4 is 9.80 Å². The number of pyridine rings is 2. The average Bonchev–Trinajstić information content (AvgIpc) is 3.66. The number of rotatable bonds is 8. The largest absolute Gasteiger partial charge is 0.367 e. The minimum atomic E-state index is 0.863. The number of nitrogens with zero attached hydrogens (tertiary/aromatic N) is 5. The highest BCUT2D eigenvalue weighted by Gasteiger charge is 2.32. The van der Waals surface area contributed by atoms with E-state index >= 15 is 0 Å². The summed E-state index contributed by atoms with van der Waals surface area (Å²) >= 11 is 1.76. The molecule has 6 heteroatoms. The number of fused-ring (bicyclic) bond motifs is 1. The van der Waals surface area contributed by atoms with Crippen molar-refractivity contribution in [2.24, 2.45) is 11.8 Å². The lowest BCUT2D eigenvalue weighted by molar-refractivity contribution is 0.676. The van der Waals surface area contributed by atoms with Gasteiger partial charge in [-0.15, -0.1) is 11.8 Å². The van der Waals surface area contributed by atoms with Crippen LogP contribution in [0.4, 0.5) is 11.5 Å². The number of aromatic nitrogens is 3. The molecule has 0 aliphatic heterocycles. The minimum Gasteiger partial charge on any atom is -0.367 e. The Hall–Kier alpha value is -2.21. The summed E-state index contributed by atoms with van der Waals surface area (Å²) in [6, 6.07) is 10.8. The van der Waals surface area contributed by atoms with Gasteiger partial charge in [0.05, 0.1) is 16.9 Å². The fraction of sp³-hybridized carbons (Fsp3) is 0.500. The summed E-state index contributed by atoms with van der Waals surface area (Å²) in [6.07, 6.45) is 7.66. The molecule has 0 saturated heterocycles. The van der Waals surface area contributed by atoms with Crippen LogP contribution in [0.5, 0.6) is 0 Å². The molecule has 0 N–H and O–H groups in total. The van der Waals surface area contributed by atoms with Crippen molar-refractivity contribution in [1.82, 2.24) is 14.6 Å². The third-order valence-electron chi connectivity index (χ3n) is 6.27. The minimum absolute atomic E-state index is 0.863. The second-order valence-electron chi connectivity index (χ2n) is 9.05. The third kappa shape index (κ3) is 3.78. The Labute approximate surface area is 183 Å². The molecular weight excluding hydrogens is 390 g/mol. The van der Waals surface area contributed by atoms with Crippen LogP contribution in [-0.4, -0.2) is 48.0 Å². The van der Waals surface area contributed by atoms with E-state index in [1.54, 1.807) is 11.8 Å². The lowest BCUT2D eigenvalue weighted by Crippen LogP contribution is -2.28. The molecule has 0 radical (unpaired) electrons. The van der Waals surface area contributed by atoms with Crippen LogP contribution in [0.15, 0.2) is 35.4 Å². The number of hydrogen-bond donors (Lipinski definition) is 0. The van der Waals surface area contributed by atoms with Crippen molar-refractivity contribution >= 4 is 28.8 Å². The van der Waals surface area contributed by atoms with Gasteiger partial charge in [-0.25, -0.2) is 9.50 Å². The zero-order valence-corrected chi connectivity index (χ0v) is 19.2. The van der Waals surface area contributed by atoms with Crippen LogP contribution >= 0.6 is 11.8 Å². The molecule has 5 nitrogen and oxygen atoms in total. The second-order valence-corrected chi connectivity index (χ2v) is 9.85. The van der Waals surface area contributed by atoms with Crippen LogP contribution in [0.2, 0.25) is 0 Å². The highest BCUT2D eigenvalue weighted by molar-refractivity contribution is 7.98. The van der Waals surface area contributed by atoms with Gasteiger partial charge in [-0.2, -0.15) is 5.10 Å². The first-order chi connectivity index (χ1) is 14.5. The molecule has 2 aliphatic carbocycles. The topological polar surface area (TPSA) is 36.7 Å². The van der Waals surface area contributed by atoms with Gasteiger partial charge in [-0.1, -0.05) is 6.07 Å². The van der Waals surface area contributed by atoms with Crippen LogP contribution in [0.1, 0.15) is 31.4 Å².